The Balaban J connectivity index is 2.80. The lowest BCUT2D eigenvalue weighted by atomic mass is 10.2. The Hall–Kier alpha value is -1.20. The maximum Gasteiger partial charge on any atom is 0.273 e. The van der Waals surface area contributed by atoms with E-state index in [0.717, 1.165) is 4.70 Å². The minimum atomic E-state index is -0.400. The first-order chi connectivity index (χ1) is 6.59. The summed E-state index contributed by atoms with van der Waals surface area (Å²) in [5.41, 5.74) is 1.44. The Morgan fingerprint density at radius 3 is 2.93 bits per heavy atom. The van der Waals surface area contributed by atoms with Crippen LogP contribution in [0, 0.1) is 17.0 Å². The van der Waals surface area contributed by atoms with E-state index in [9.17, 15) is 10.1 Å². The van der Waals surface area contributed by atoms with E-state index < -0.39 is 4.92 Å². The maximum absolute atomic E-state index is 10.6. The van der Waals surface area contributed by atoms with Crippen molar-refractivity contribution < 1.29 is 4.92 Å². The van der Waals surface area contributed by atoms with E-state index in [1.54, 1.807) is 13.0 Å². The fourth-order valence-electron chi connectivity index (χ4n) is 1.28. The monoisotopic (exact) mass is 228 g/mol. The number of nitro benzene ring substituents is 1. The molecule has 0 saturated carbocycles. The van der Waals surface area contributed by atoms with E-state index in [2.05, 4.69) is 4.98 Å². The number of aryl methyl sites for hydroxylation is 1. The predicted octanol–water partition coefficient (Wildman–Crippen LogP) is 3.17. The molecular weight excluding hydrogens is 224 g/mol. The number of nitro groups is 1. The molecule has 0 fully saturated rings. The van der Waals surface area contributed by atoms with Crippen LogP contribution in [0.25, 0.3) is 10.2 Å². The molecule has 0 saturated heterocycles. The third-order valence-electron chi connectivity index (χ3n) is 1.95. The van der Waals surface area contributed by atoms with E-state index in [1.807, 2.05) is 0 Å². The van der Waals surface area contributed by atoms with Gasteiger partial charge in [-0.1, -0.05) is 11.6 Å². The van der Waals surface area contributed by atoms with E-state index in [-0.39, 0.29) is 5.69 Å². The fourth-order valence-corrected chi connectivity index (χ4v) is 2.39. The van der Waals surface area contributed by atoms with Crippen molar-refractivity contribution >= 4 is 38.8 Å². The Kier molecular flexibility index (Phi) is 2.13. The average Bonchev–Trinajstić information content (AvgIpc) is 2.46. The van der Waals surface area contributed by atoms with Crippen molar-refractivity contribution in [3.05, 3.63) is 32.3 Å². The molecule has 0 spiro atoms. The number of hydrogen-bond acceptors (Lipinski definition) is 4. The molecule has 0 aliphatic rings. The summed E-state index contributed by atoms with van der Waals surface area (Å²) in [6.45, 7) is 1.70. The number of thiazole rings is 1. The molecular formula is C8H5ClN2O2S. The second kappa shape index (κ2) is 3.18. The lowest BCUT2D eigenvalue weighted by Gasteiger charge is -1.96. The van der Waals surface area contributed by atoms with Crippen molar-refractivity contribution in [2.45, 2.75) is 6.92 Å². The van der Waals surface area contributed by atoms with Crippen LogP contribution in [-0.2, 0) is 0 Å². The van der Waals surface area contributed by atoms with Crippen LogP contribution in [0.4, 0.5) is 5.69 Å². The standard InChI is InChI=1S/C8H5ClN2O2S/c1-4-6(11(12)13)3-2-5-7(4)14-8(9)10-5/h2-3H,1H3. The summed E-state index contributed by atoms with van der Waals surface area (Å²) in [5, 5.41) is 10.6. The molecule has 4 nitrogen and oxygen atoms in total. The van der Waals surface area contributed by atoms with Gasteiger partial charge in [0, 0.05) is 11.6 Å². The van der Waals surface area contributed by atoms with Gasteiger partial charge < -0.3 is 0 Å². The Morgan fingerprint density at radius 2 is 2.29 bits per heavy atom. The van der Waals surface area contributed by atoms with Gasteiger partial charge in [0.2, 0.25) is 0 Å². The molecule has 0 bridgehead atoms. The third-order valence-corrected chi connectivity index (χ3v) is 3.24. The Labute approximate surface area is 88.3 Å². The van der Waals surface area contributed by atoms with E-state index in [0.29, 0.717) is 15.5 Å². The topological polar surface area (TPSA) is 56.0 Å². The van der Waals surface area contributed by atoms with Gasteiger partial charge in [-0.3, -0.25) is 10.1 Å². The molecule has 0 N–H and O–H groups in total. The number of aromatic nitrogens is 1. The van der Waals surface area contributed by atoms with Crippen LogP contribution in [0.3, 0.4) is 0 Å². The normalized spacial score (nSPS) is 10.7. The largest absolute Gasteiger partial charge is 0.273 e. The Bertz CT molecular complexity index is 523. The van der Waals surface area contributed by atoms with Crippen LogP contribution in [0.2, 0.25) is 4.47 Å². The van der Waals surface area contributed by atoms with Crippen molar-refractivity contribution in [3.8, 4) is 0 Å². The lowest BCUT2D eigenvalue weighted by molar-refractivity contribution is -0.385. The first kappa shape index (κ1) is 9.36. The summed E-state index contributed by atoms with van der Waals surface area (Å²) in [4.78, 5) is 14.3. The van der Waals surface area contributed by atoms with Gasteiger partial charge in [0.25, 0.3) is 5.69 Å². The highest BCUT2D eigenvalue weighted by molar-refractivity contribution is 7.22. The number of fused-ring (bicyclic) bond motifs is 1. The predicted molar refractivity (Wildman–Crippen MR) is 56.0 cm³/mol. The van der Waals surface area contributed by atoms with Crippen molar-refractivity contribution in [1.82, 2.24) is 4.98 Å². The summed E-state index contributed by atoms with van der Waals surface area (Å²) < 4.78 is 1.19. The van der Waals surface area contributed by atoms with Gasteiger partial charge >= 0.3 is 0 Å². The minimum Gasteiger partial charge on any atom is -0.258 e. The van der Waals surface area contributed by atoms with Crippen LogP contribution >= 0.6 is 22.9 Å². The summed E-state index contributed by atoms with van der Waals surface area (Å²) in [7, 11) is 0. The molecule has 0 atom stereocenters. The second-order valence-electron chi connectivity index (χ2n) is 2.78. The third kappa shape index (κ3) is 1.34. The van der Waals surface area contributed by atoms with E-state index >= 15 is 0 Å². The zero-order chi connectivity index (χ0) is 10.3. The van der Waals surface area contributed by atoms with Crippen molar-refractivity contribution in [1.29, 1.82) is 0 Å². The molecule has 1 heterocycles. The van der Waals surface area contributed by atoms with Crippen LogP contribution in [0.15, 0.2) is 12.1 Å². The highest BCUT2D eigenvalue weighted by Gasteiger charge is 2.15. The van der Waals surface area contributed by atoms with Gasteiger partial charge in [0.1, 0.15) is 0 Å². The number of nitrogens with zero attached hydrogens (tertiary/aromatic N) is 2. The molecule has 1 aromatic carbocycles. The van der Waals surface area contributed by atoms with Crippen LogP contribution in [0.1, 0.15) is 5.56 Å². The van der Waals surface area contributed by atoms with Gasteiger partial charge in [-0.2, -0.15) is 0 Å². The summed E-state index contributed by atoms with van der Waals surface area (Å²) in [6, 6.07) is 3.07. The number of hydrogen-bond donors (Lipinski definition) is 0. The van der Waals surface area contributed by atoms with Gasteiger partial charge in [-0.15, -0.1) is 11.3 Å². The number of halogens is 1. The first-order valence-electron chi connectivity index (χ1n) is 3.79. The van der Waals surface area contributed by atoms with E-state index in [4.69, 9.17) is 11.6 Å². The van der Waals surface area contributed by atoms with Gasteiger partial charge in [0.15, 0.2) is 4.47 Å². The molecule has 1 aromatic heterocycles. The number of rotatable bonds is 1. The average molecular weight is 229 g/mol. The number of benzene rings is 1. The van der Waals surface area contributed by atoms with Crippen molar-refractivity contribution in [2.24, 2.45) is 0 Å². The zero-order valence-corrected chi connectivity index (χ0v) is 8.72. The summed E-state index contributed by atoms with van der Waals surface area (Å²) in [5.74, 6) is 0. The first-order valence-corrected chi connectivity index (χ1v) is 4.99. The van der Waals surface area contributed by atoms with Gasteiger partial charge in [-0.25, -0.2) is 4.98 Å². The SMILES string of the molecule is Cc1c([N+](=O)[O-])ccc2nc(Cl)sc12. The second-order valence-corrected chi connectivity index (χ2v) is 4.36. The molecule has 0 aliphatic carbocycles. The molecule has 2 aromatic rings. The van der Waals surface area contributed by atoms with Gasteiger partial charge in [0.05, 0.1) is 15.1 Å². The molecule has 0 aliphatic heterocycles. The molecule has 0 amide bonds. The van der Waals surface area contributed by atoms with E-state index in [1.165, 1.54) is 17.4 Å². The molecule has 72 valence electrons. The summed E-state index contributed by atoms with van der Waals surface area (Å²) in [6.07, 6.45) is 0. The highest BCUT2D eigenvalue weighted by Crippen LogP contribution is 2.33. The van der Waals surface area contributed by atoms with Crippen molar-refractivity contribution in [2.75, 3.05) is 0 Å². The van der Waals surface area contributed by atoms with Crippen LogP contribution in [-0.4, -0.2) is 9.91 Å². The maximum atomic E-state index is 10.6. The highest BCUT2D eigenvalue weighted by atomic mass is 35.5. The lowest BCUT2D eigenvalue weighted by Crippen LogP contribution is -1.90. The fraction of sp³-hybridized carbons (Fsp3) is 0.125. The molecule has 14 heavy (non-hydrogen) atoms. The zero-order valence-electron chi connectivity index (χ0n) is 7.15. The molecule has 0 radical (unpaired) electrons. The van der Waals surface area contributed by atoms with Gasteiger partial charge in [-0.05, 0) is 13.0 Å². The quantitative estimate of drug-likeness (QED) is 0.556. The molecule has 2 rings (SSSR count). The Morgan fingerprint density at radius 1 is 1.57 bits per heavy atom. The molecule has 6 heteroatoms. The molecule has 0 unspecified atom stereocenters. The van der Waals surface area contributed by atoms with Crippen LogP contribution in [0.5, 0.6) is 0 Å². The minimum absolute atomic E-state index is 0.109. The van der Waals surface area contributed by atoms with Crippen LogP contribution < -0.4 is 0 Å². The summed E-state index contributed by atoms with van der Waals surface area (Å²) >= 11 is 6.98. The smallest absolute Gasteiger partial charge is 0.258 e. The van der Waals surface area contributed by atoms with Crippen molar-refractivity contribution in [3.63, 3.8) is 0 Å².